The Labute approximate surface area is 238 Å². The second kappa shape index (κ2) is 11.4. The molecule has 1 aromatic carbocycles. The minimum absolute atomic E-state index is 0.0442. The van der Waals surface area contributed by atoms with Crippen molar-refractivity contribution in [1.82, 2.24) is 5.32 Å². The molecule has 1 amide bonds. The summed E-state index contributed by atoms with van der Waals surface area (Å²) in [6, 6.07) is 8.14. The summed E-state index contributed by atoms with van der Waals surface area (Å²) in [5, 5.41) is 47.9. The van der Waals surface area contributed by atoms with Gasteiger partial charge >= 0.3 is 0 Å². The Morgan fingerprint density at radius 2 is 1.75 bits per heavy atom. The van der Waals surface area contributed by atoms with Gasteiger partial charge in [0.25, 0.3) is 0 Å². The van der Waals surface area contributed by atoms with Crippen LogP contribution in [0.4, 0.5) is 0 Å². The third kappa shape index (κ3) is 5.22. The quantitative estimate of drug-likeness (QED) is 0.391. The van der Waals surface area contributed by atoms with Gasteiger partial charge in [-0.05, 0) is 110 Å². The van der Waals surface area contributed by atoms with E-state index in [9.17, 15) is 30.0 Å². The molecule has 7 heteroatoms. The molecule has 0 unspecified atom stereocenters. The van der Waals surface area contributed by atoms with Crippen molar-refractivity contribution in [2.24, 2.45) is 46.3 Å². The number of amides is 1. The van der Waals surface area contributed by atoms with Crippen LogP contribution in [0.5, 0.6) is 0 Å². The van der Waals surface area contributed by atoms with Crippen LogP contribution < -0.4 is 10.4 Å². The van der Waals surface area contributed by atoms with Crippen molar-refractivity contribution in [1.29, 1.82) is 0 Å². The van der Waals surface area contributed by atoms with Gasteiger partial charge in [0.2, 0.25) is 5.91 Å². The molecule has 7 nitrogen and oxygen atoms in total. The van der Waals surface area contributed by atoms with Crippen LogP contribution in [0.1, 0.15) is 84.1 Å². The van der Waals surface area contributed by atoms with E-state index < -0.39 is 24.2 Å². The van der Waals surface area contributed by atoms with Crippen molar-refractivity contribution in [3.63, 3.8) is 0 Å². The summed E-state index contributed by atoms with van der Waals surface area (Å²) in [7, 11) is 0. The lowest BCUT2D eigenvalue weighted by Gasteiger charge is -2.63. The van der Waals surface area contributed by atoms with Gasteiger partial charge in [-0.25, -0.2) is 0 Å². The summed E-state index contributed by atoms with van der Waals surface area (Å²) in [6.45, 7) is 6.71. The van der Waals surface area contributed by atoms with E-state index in [1.807, 2.05) is 30.3 Å². The van der Waals surface area contributed by atoms with Gasteiger partial charge < -0.3 is 30.5 Å². The molecule has 0 bridgehead atoms. The standard InChI is InChI=1S/C33H49NO6/c1-19(9-12-29(38)34-26(31(39)40)15-20-7-5-4-6-8-20)23-10-11-24-30-25(18-28(37)33(23,24)3)32(2)14-13-22(35)16-21(32)17-27(30)36/h4-8,19,21-28,30,35-37H,9-18H2,1-3H3,(H,34,38)(H,39,40)/p-1/t19-,21+,22-,23-,24+,25+,26+,27-,28+,30+,32+,33-/m1/s1. The molecule has 1 aromatic rings. The Morgan fingerprint density at radius 1 is 1.02 bits per heavy atom. The molecule has 5 rings (SSSR count). The molecule has 0 heterocycles. The first-order valence-electron chi connectivity index (χ1n) is 15.5. The fourth-order valence-electron chi connectivity index (χ4n) is 10.0. The molecular formula is C33H48NO6-. The number of nitrogens with one attached hydrogen (secondary N) is 1. The molecule has 0 aliphatic heterocycles. The highest BCUT2D eigenvalue weighted by atomic mass is 16.4. The van der Waals surface area contributed by atoms with Gasteiger partial charge in [-0.1, -0.05) is 51.1 Å². The molecule has 0 radical (unpaired) electrons. The Balaban J connectivity index is 1.23. The highest BCUT2D eigenvalue weighted by molar-refractivity contribution is 5.82. The maximum atomic E-state index is 12.8. The predicted molar refractivity (Wildman–Crippen MR) is 149 cm³/mol. The summed E-state index contributed by atoms with van der Waals surface area (Å²) < 4.78 is 0. The normalized spacial score (nSPS) is 42.1. The number of rotatable bonds is 8. The topological polar surface area (TPSA) is 130 Å². The van der Waals surface area contributed by atoms with Crippen molar-refractivity contribution in [2.45, 2.75) is 109 Å². The number of carbonyl (C=O) groups excluding carboxylic acids is 2. The van der Waals surface area contributed by atoms with Crippen molar-refractivity contribution >= 4 is 11.9 Å². The van der Waals surface area contributed by atoms with Crippen molar-refractivity contribution in [3.8, 4) is 0 Å². The third-order valence-corrected chi connectivity index (χ3v) is 12.2. The molecule has 0 aromatic heterocycles. The largest absolute Gasteiger partial charge is 0.548 e. The molecule has 222 valence electrons. The van der Waals surface area contributed by atoms with Crippen LogP contribution in [0.15, 0.2) is 30.3 Å². The van der Waals surface area contributed by atoms with E-state index in [4.69, 9.17) is 0 Å². The summed E-state index contributed by atoms with van der Waals surface area (Å²) in [5.74, 6) is -0.224. The van der Waals surface area contributed by atoms with Crippen LogP contribution in [0.3, 0.4) is 0 Å². The maximum Gasteiger partial charge on any atom is 0.220 e. The number of aliphatic hydroxyl groups excluding tert-OH is 3. The highest BCUT2D eigenvalue weighted by Crippen LogP contribution is 2.68. The van der Waals surface area contributed by atoms with Crippen molar-refractivity contribution in [3.05, 3.63) is 35.9 Å². The van der Waals surface area contributed by atoms with Crippen LogP contribution in [0, 0.1) is 46.3 Å². The number of aliphatic carboxylic acids is 1. The van der Waals surface area contributed by atoms with Gasteiger partial charge in [0.15, 0.2) is 0 Å². The number of aliphatic hydroxyl groups is 3. The summed E-state index contributed by atoms with van der Waals surface area (Å²) in [4.78, 5) is 24.5. The van der Waals surface area contributed by atoms with Gasteiger partial charge in [-0.15, -0.1) is 0 Å². The van der Waals surface area contributed by atoms with Crippen LogP contribution >= 0.6 is 0 Å². The van der Waals surface area contributed by atoms with E-state index in [-0.39, 0.29) is 65.3 Å². The Bertz CT molecular complexity index is 1060. The van der Waals surface area contributed by atoms with Crippen LogP contribution in [-0.4, -0.2) is 51.5 Å². The van der Waals surface area contributed by atoms with Gasteiger partial charge in [0, 0.05) is 6.42 Å². The average Bonchev–Trinajstić information content (AvgIpc) is 3.27. The lowest BCUT2D eigenvalue weighted by molar-refractivity contribution is -0.308. The van der Waals surface area contributed by atoms with Gasteiger partial charge in [-0.3, -0.25) is 4.79 Å². The zero-order valence-electron chi connectivity index (χ0n) is 24.3. The molecule has 4 saturated carbocycles. The zero-order chi connectivity index (χ0) is 28.8. The number of carbonyl (C=O) groups is 2. The summed E-state index contributed by atoms with van der Waals surface area (Å²) in [6.07, 6.45) is 5.74. The lowest BCUT2D eigenvalue weighted by atomic mass is 9.43. The molecule has 0 spiro atoms. The minimum atomic E-state index is -1.29. The van der Waals surface area contributed by atoms with E-state index in [0.717, 1.165) is 44.1 Å². The second-order valence-electron chi connectivity index (χ2n) is 14.2. The molecule has 4 N–H and O–H groups in total. The first-order valence-corrected chi connectivity index (χ1v) is 15.5. The van der Waals surface area contributed by atoms with Crippen molar-refractivity contribution < 1.29 is 30.0 Å². The molecule has 4 aliphatic rings. The number of hydrogen-bond acceptors (Lipinski definition) is 6. The molecule has 0 saturated heterocycles. The predicted octanol–water partition coefficient (Wildman–Crippen LogP) is 2.84. The van der Waals surface area contributed by atoms with Crippen LogP contribution in [-0.2, 0) is 16.0 Å². The minimum Gasteiger partial charge on any atom is -0.548 e. The van der Waals surface area contributed by atoms with E-state index in [1.165, 1.54) is 0 Å². The second-order valence-corrected chi connectivity index (χ2v) is 14.2. The third-order valence-electron chi connectivity index (χ3n) is 12.2. The summed E-state index contributed by atoms with van der Waals surface area (Å²) in [5.41, 5.74) is 0.549. The number of carboxylic acid groups (broad SMARTS) is 1. The highest BCUT2D eigenvalue weighted by Gasteiger charge is 2.65. The first kappa shape index (κ1) is 29.5. The fraction of sp³-hybridized carbons (Fsp3) is 0.758. The van der Waals surface area contributed by atoms with E-state index in [2.05, 4.69) is 26.1 Å². The number of benzene rings is 1. The van der Waals surface area contributed by atoms with Gasteiger partial charge in [-0.2, -0.15) is 0 Å². The van der Waals surface area contributed by atoms with Gasteiger partial charge in [0.05, 0.1) is 30.3 Å². The van der Waals surface area contributed by atoms with E-state index in [1.54, 1.807) is 0 Å². The number of carboxylic acids is 1. The Kier molecular flexibility index (Phi) is 8.40. The van der Waals surface area contributed by atoms with E-state index >= 15 is 0 Å². The zero-order valence-corrected chi connectivity index (χ0v) is 24.3. The summed E-state index contributed by atoms with van der Waals surface area (Å²) >= 11 is 0. The Morgan fingerprint density at radius 3 is 2.45 bits per heavy atom. The number of fused-ring (bicyclic) bond motifs is 5. The lowest BCUT2D eigenvalue weighted by Crippen LogP contribution is -2.62. The van der Waals surface area contributed by atoms with Crippen LogP contribution in [0.2, 0.25) is 0 Å². The Hall–Kier alpha value is -1.96. The molecule has 40 heavy (non-hydrogen) atoms. The average molecular weight is 555 g/mol. The molecular weight excluding hydrogens is 506 g/mol. The number of hydrogen-bond donors (Lipinski definition) is 4. The smallest absolute Gasteiger partial charge is 0.220 e. The van der Waals surface area contributed by atoms with Crippen molar-refractivity contribution in [2.75, 3.05) is 0 Å². The van der Waals surface area contributed by atoms with Gasteiger partial charge in [0.1, 0.15) is 0 Å². The monoisotopic (exact) mass is 554 g/mol. The maximum absolute atomic E-state index is 12.8. The molecule has 4 aliphatic carbocycles. The molecule has 4 fully saturated rings. The van der Waals surface area contributed by atoms with E-state index in [0.29, 0.717) is 18.8 Å². The SMILES string of the molecule is C[C@H](CCC(=O)N[C@@H](Cc1ccccc1)C(=O)[O-])[C@H]1CC[C@H]2[C@@H]3[C@H](O)C[C@@H]4C[C@H](O)CC[C@]4(C)[C@H]3C[C@H](O)[C@]12C. The fourth-order valence-corrected chi connectivity index (χ4v) is 10.0. The molecule has 12 atom stereocenters. The van der Waals surface area contributed by atoms with Crippen LogP contribution in [0.25, 0.3) is 0 Å². The first-order chi connectivity index (χ1) is 18.9.